The number of para-hydroxylation sites is 1. The number of hydrogen-bond donors (Lipinski definition) is 0. The molecule has 0 fully saturated rings. The third-order valence-corrected chi connectivity index (χ3v) is 3.92. The first-order chi connectivity index (χ1) is 11.9. The van der Waals surface area contributed by atoms with E-state index in [0.29, 0.717) is 6.54 Å². The molecule has 0 aliphatic rings. The number of ether oxygens (including phenoxy) is 1. The van der Waals surface area contributed by atoms with Crippen LogP contribution in [0.25, 0.3) is 22.7 Å². The number of benzene rings is 1. The average Bonchev–Trinajstić information content (AvgIpc) is 3.02. The van der Waals surface area contributed by atoms with E-state index in [1.165, 1.54) is 0 Å². The highest BCUT2D eigenvalue weighted by Gasteiger charge is 2.15. The lowest BCUT2D eigenvalue weighted by Crippen LogP contribution is -2.05. The van der Waals surface area contributed by atoms with Gasteiger partial charge < -0.3 is 9.30 Å². The zero-order valence-electron chi connectivity index (χ0n) is 13.3. The fourth-order valence-corrected chi connectivity index (χ4v) is 2.80. The predicted molar refractivity (Wildman–Crippen MR) is 92.9 cm³/mol. The van der Waals surface area contributed by atoms with Gasteiger partial charge in [-0.3, -0.25) is 4.98 Å². The summed E-state index contributed by atoms with van der Waals surface area (Å²) in [5.41, 5.74) is 3.59. The molecule has 0 atom stereocenters. The van der Waals surface area contributed by atoms with Crippen LogP contribution in [0.5, 0.6) is 5.75 Å². The van der Waals surface area contributed by atoms with E-state index < -0.39 is 0 Å². The third-order valence-electron chi connectivity index (χ3n) is 3.92. The molecular weight excluding hydrogens is 300 g/mol. The van der Waals surface area contributed by atoms with Crippen molar-refractivity contribution in [2.45, 2.75) is 6.54 Å². The Hall–Kier alpha value is -3.21. The Bertz CT molecular complexity index is 979. The Morgan fingerprint density at radius 3 is 2.58 bits per heavy atom. The standard InChI is InChI=1S/C19H16N4O/c1-24-17-10-3-2-7-14(17)13-23-18-16(9-6-12-21-18)22-19(23)15-8-4-5-11-20-15/h2-12H,13H2,1H3. The van der Waals surface area contributed by atoms with Gasteiger partial charge in [-0.1, -0.05) is 24.3 Å². The van der Waals surface area contributed by atoms with Crippen molar-refractivity contribution in [1.29, 1.82) is 0 Å². The van der Waals surface area contributed by atoms with Crippen LogP contribution in [0.3, 0.4) is 0 Å². The number of imidazole rings is 1. The summed E-state index contributed by atoms with van der Waals surface area (Å²) in [5.74, 6) is 1.65. The van der Waals surface area contributed by atoms with Crippen molar-refractivity contribution in [2.24, 2.45) is 0 Å². The molecule has 118 valence electrons. The van der Waals surface area contributed by atoms with Crippen molar-refractivity contribution in [2.75, 3.05) is 7.11 Å². The van der Waals surface area contributed by atoms with Crippen LogP contribution in [0.2, 0.25) is 0 Å². The summed E-state index contributed by atoms with van der Waals surface area (Å²) in [6, 6.07) is 17.7. The molecule has 24 heavy (non-hydrogen) atoms. The van der Waals surface area contributed by atoms with Gasteiger partial charge in [-0.15, -0.1) is 0 Å². The number of methoxy groups -OCH3 is 1. The van der Waals surface area contributed by atoms with Gasteiger partial charge >= 0.3 is 0 Å². The molecule has 0 saturated carbocycles. The number of aromatic nitrogens is 4. The van der Waals surface area contributed by atoms with Crippen LogP contribution in [-0.2, 0) is 6.54 Å². The Balaban J connectivity index is 1.90. The van der Waals surface area contributed by atoms with Crippen LogP contribution in [0.15, 0.2) is 67.0 Å². The van der Waals surface area contributed by atoms with Crippen LogP contribution in [0, 0.1) is 0 Å². The van der Waals surface area contributed by atoms with Crippen molar-refractivity contribution in [3.05, 3.63) is 72.6 Å². The first-order valence-corrected chi connectivity index (χ1v) is 7.71. The average molecular weight is 316 g/mol. The molecule has 0 N–H and O–H groups in total. The fourth-order valence-electron chi connectivity index (χ4n) is 2.80. The molecule has 0 bridgehead atoms. The maximum Gasteiger partial charge on any atom is 0.161 e. The summed E-state index contributed by atoms with van der Waals surface area (Å²) in [7, 11) is 1.68. The summed E-state index contributed by atoms with van der Waals surface area (Å²) < 4.78 is 7.56. The van der Waals surface area contributed by atoms with Gasteiger partial charge in [0.1, 0.15) is 17.0 Å². The topological polar surface area (TPSA) is 52.8 Å². The van der Waals surface area contributed by atoms with Gasteiger partial charge in [-0.25, -0.2) is 9.97 Å². The number of rotatable bonds is 4. The van der Waals surface area contributed by atoms with Crippen LogP contribution in [0.1, 0.15) is 5.56 Å². The van der Waals surface area contributed by atoms with Gasteiger partial charge in [-0.2, -0.15) is 0 Å². The number of nitrogens with zero attached hydrogens (tertiary/aromatic N) is 4. The van der Waals surface area contributed by atoms with Crippen LogP contribution in [-0.4, -0.2) is 26.6 Å². The van der Waals surface area contributed by atoms with Crippen molar-refractivity contribution < 1.29 is 4.74 Å². The lowest BCUT2D eigenvalue weighted by molar-refractivity contribution is 0.408. The molecule has 4 rings (SSSR count). The summed E-state index contributed by atoms with van der Waals surface area (Å²) in [4.78, 5) is 13.7. The monoisotopic (exact) mass is 316 g/mol. The molecule has 0 amide bonds. The predicted octanol–water partition coefficient (Wildman–Crippen LogP) is 3.55. The Labute approximate surface area is 139 Å². The second kappa shape index (κ2) is 6.12. The first kappa shape index (κ1) is 14.4. The maximum absolute atomic E-state index is 5.48. The molecule has 1 aromatic carbocycles. The molecule has 4 aromatic rings. The minimum atomic E-state index is 0.615. The lowest BCUT2D eigenvalue weighted by Gasteiger charge is -2.11. The molecule has 0 unspecified atom stereocenters. The highest BCUT2D eigenvalue weighted by Crippen LogP contribution is 2.26. The van der Waals surface area contributed by atoms with E-state index in [1.54, 1.807) is 19.5 Å². The van der Waals surface area contributed by atoms with Crippen LogP contribution >= 0.6 is 0 Å². The molecule has 5 heteroatoms. The normalized spacial score (nSPS) is 10.9. The van der Waals surface area contributed by atoms with Crippen molar-refractivity contribution >= 4 is 11.2 Å². The summed E-state index contributed by atoms with van der Waals surface area (Å²) >= 11 is 0. The van der Waals surface area contributed by atoms with E-state index in [-0.39, 0.29) is 0 Å². The second-order valence-corrected chi connectivity index (χ2v) is 5.39. The molecule has 0 aliphatic heterocycles. The zero-order chi connectivity index (χ0) is 16.4. The van der Waals surface area contributed by atoms with Crippen molar-refractivity contribution in [3.8, 4) is 17.3 Å². The third kappa shape index (κ3) is 2.50. The van der Waals surface area contributed by atoms with E-state index in [0.717, 1.165) is 34.0 Å². The maximum atomic E-state index is 5.48. The van der Waals surface area contributed by atoms with Gasteiger partial charge in [0.25, 0.3) is 0 Å². The summed E-state index contributed by atoms with van der Waals surface area (Å²) in [6.45, 7) is 0.615. The molecule has 5 nitrogen and oxygen atoms in total. The van der Waals surface area contributed by atoms with Gasteiger partial charge in [0, 0.05) is 18.0 Å². The summed E-state index contributed by atoms with van der Waals surface area (Å²) in [5, 5.41) is 0. The van der Waals surface area contributed by atoms with Gasteiger partial charge in [0.15, 0.2) is 11.5 Å². The van der Waals surface area contributed by atoms with E-state index in [4.69, 9.17) is 9.72 Å². The highest BCUT2D eigenvalue weighted by atomic mass is 16.5. The lowest BCUT2D eigenvalue weighted by atomic mass is 10.2. The van der Waals surface area contributed by atoms with Crippen LogP contribution in [0.4, 0.5) is 0 Å². The zero-order valence-corrected chi connectivity index (χ0v) is 13.3. The fraction of sp³-hybridized carbons (Fsp3) is 0.105. The minimum absolute atomic E-state index is 0.615. The number of pyridine rings is 2. The molecular formula is C19H16N4O. The Morgan fingerprint density at radius 2 is 1.75 bits per heavy atom. The smallest absolute Gasteiger partial charge is 0.161 e. The second-order valence-electron chi connectivity index (χ2n) is 5.39. The molecule has 0 saturated heterocycles. The van der Waals surface area contributed by atoms with E-state index in [2.05, 4.69) is 20.6 Å². The molecule has 3 aromatic heterocycles. The molecule has 0 aliphatic carbocycles. The number of fused-ring (bicyclic) bond motifs is 1. The van der Waals surface area contributed by atoms with E-state index >= 15 is 0 Å². The summed E-state index contributed by atoms with van der Waals surface area (Å²) in [6.07, 6.45) is 3.56. The molecule has 3 heterocycles. The van der Waals surface area contributed by atoms with Crippen LogP contribution < -0.4 is 4.74 Å². The number of hydrogen-bond acceptors (Lipinski definition) is 4. The quantitative estimate of drug-likeness (QED) is 0.578. The Kier molecular flexibility index (Phi) is 3.67. The van der Waals surface area contributed by atoms with Gasteiger partial charge in [0.2, 0.25) is 0 Å². The van der Waals surface area contributed by atoms with E-state index in [9.17, 15) is 0 Å². The van der Waals surface area contributed by atoms with Gasteiger partial charge in [-0.05, 0) is 30.3 Å². The largest absolute Gasteiger partial charge is 0.496 e. The Morgan fingerprint density at radius 1 is 0.917 bits per heavy atom. The van der Waals surface area contributed by atoms with Crippen molar-refractivity contribution in [1.82, 2.24) is 19.5 Å². The SMILES string of the molecule is COc1ccccc1Cn1c(-c2ccccn2)nc2cccnc21. The molecule has 0 radical (unpaired) electrons. The van der Waals surface area contributed by atoms with Gasteiger partial charge in [0.05, 0.1) is 13.7 Å². The van der Waals surface area contributed by atoms with E-state index in [1.807, 2.05) is 48.5 Å². The highest BCUT2D eigenvalue weighted by molar-refractivity contribution is 5.76. The molecule has 0 spiro atoms. The first-order valence-electron chi connectivity index (χ1n) is 7.71. The van der Waals surface area contributed by atoms with Crippen molar-refractivity contribution in [3.63, 3.8) is 0 Å². The minimum Gasteiger partial charge on any atom is -0.496 e.